The second-order valence-electron chi connectivity index (χ2n) is 5.90. The van der Waals surface area contributed by atoms with Gasteiger partial charge in [-0.25, -0.2) is 4.98 Å². The summed E-state index contributed by atoms with van der Waals surface area (Å²) in [5, 5.41) is 15.1. The molecule has 26 heavy (non-hydrogen) atoms. The van der Waals surface area contributed by atoms with Gasteiger partial charge in [0.25, 0.3) is 0 Å². The van der Waals surface area contributed by atoms with Crippen molar-refractivity contribution in [2.45, 2.75) is 19.8 Å². The molecule has 1 aromatic heterocycles. The summed E-state index contributed by atoms with van der Waals surface area (Å²) < 4.78 is 0. The van der Waals surface area contributed by atoms with E-state index in [9.17, 15) is 14.7 Å². The van der Waals surface area contributed by atoms with Gasteiger partial charge >= 0.3 is 0 Å². The lowest BCUT2D eigenvalue weighted by Gasteiger charge is -2.11. The molecule has 3 rings (SSSR count). The number of hydrogen-bond donors (Lipinski definition) is 1. The van der Waals surface area contributed by atoms with Crippen LogP contribution in [0.3, 0.4) is 0 Å². The van der Waals surface area contributed by atoms with Gasteiger partial charge in [-0.05, 0) is 31.2 Å². The molecule has 2 aromatic carbocycles. The average Bonchev–Trinajstić information content (AvgIpc) is 3.06. The minimum atomic E-state index is -1.14. The highest BCUT2D eigenvalue weighted by Gasteiger charge is 2.19. The summed E-state index contributed by atoms with van der Waals surface area (Å²) in [5.74, 6) is -1.90. The number of hydrogen-bond acceptors (Lipinski definition) is 6. The van der Waals surface area contributed by atoms with Crippen LogP contribution >= 0.6 is 11.3 Å². The molecule has 1 unspecified atom stereocenters. The van der Waals surface area contributed by atoms with E-state index in [-0.39, 0.29) is 5.78 Å². The lowest BCUT2D eigenvalue weighted by atomic mass is 10.0. The van der Waals surface area contributed by atoms with Crippen molar-refractivity contribution in [3.05, 3.63) is 65.0 Å². The molecule has 1 N–H and O–H groups in total. The first-order valence-electron chi connectivity index (χ1n) is 8.10. The highest BCUT2D eigenvalue weighted by Crippen LogP contribution is 2.37. The van der Waals surface area contributed by atoms with Crippen molar-refractivity contribution in [2.24, 2.45) is 0 Å². The normalized spacial score (nSPS) is 11.8. The maximum Gasteiger partial charge on any atom is 0.188 e. The molecule has 1 heterocycles. The fourth-order valence-electron chi connectivity index (χ4n) is 2.50. The highest BCUT2D eigenvalue weighted by molar-refractivity contribution is 7.16. The number of carbonyl (C=O) groups is 2. The Morgan fingerprint density at radius 3 is 2.31 bits per heavy atom. The zero-order valence-electron chi connectivity index (χ0n) is 14.4. The Morgan fingerprint density at radius 1 is 1.08 bits per heavy atom. The van der Waals surface area contributed by atoms with Gasteiger partial charge in [0.15, 0.2) is 10.9 Å². The fraction of sp³-hybridized carbons (Fsp3) is 0.150. The first-order valence-corrected chi connectivity index (χ1v) is 8.92. The van der Waals surface area contributed by atoms with E-state index in [4.69, 9.17) is 0 Å². The molecule has 0 spiro atoms. The molecule has 0 saturated heterocycles. The van der Waals surface area contributed by atoms with Crippen LogP contribution in [0.1, 0.15) is 35.0 Å². The topological polar surface area (TPSA) is 82.1 Å². The largest absolute Gasteiger partial charge is 0.549 e. The van der Waals surface area contributed by atoms with Crippen molar-refractivity contribution in [3.63, 3.8) is 0 Å². The highest BCUT2D eigenvalue weighted by atomic mass is 32.1. The zero-order chi connectivity index (χ0) is 18.7. The number of benzene rings is 2. The van der Waals surface area contributed by atoms with Crippen LogP contribution in [0.2, 0.25) is 0 Å². The lowest BCUT2D eigenvalue weighted by Crippen LogP contribution is -2.27. The van der Waals surface area contributed by atoms with Crippen LogP contribution in [0.15, 0.2) is 54.6 Å². The van der Waals surface area contributed by atoms with E-state index in [1.807, 2.05) is 30.3 Å². The van der Waals surface area contributed by atoms with Crippen LogP contribution in [0.5, 0.6) is 0 Å². The average molecular weight is 365 g/mol. The summed E-state index contributed by atoms with van der Waals surface area (Å²) in [6.07, 6.45) is 0. The number of nitrogens with zero attached hydrogens (tertiary/aromatic N) is 1. The predicted octanol–water partition coefficient (Wildman–Crippen LogP) is 3.61. The molecule has 0 aliphatic carbocycles. The second kappa shape index (κ2) is 7.49. The van der Waals surface area contributed by atoms with Crippen LogP contribution in [0, 0.1) is 0 Å². The molecule has 5 nitrogen and oxygen atoms in total. The number of carboxylic acids is 1. The van der Waals surface area contributed by atoms with Gasteiger partial charge in [0.1, 0.15) is 0 Å². The number of carbonyl (C=O) groups excluding carboxylic acids is 2. The number of carboxylic acid groups (broad SMARTS) is 1. The molecule has 6 heteroatoms. The summed E-state index contributed by atoms with van der Waals surface area (Å²) in [7, 11) is 0. The van der Waals surface area contributed by atoms with E-state index >= 15 is 0 Å². The Balaban J connectivity index is 1.95. The smallest absolute Gasteiger partial charge is 0.188 e. The molecule has 0 bridgehead atoms. The third-order valence-electron chi connectivity index (χ3n) is 3.99. The third kappa shape index (κ3) is 3.81. The summed E-state index contributed by atoms with van der Waals surface area (Å²) in [5.41, 5.74) is 2.89. The standard InChI is InChI=1S/C20H18N2O3S/c1-12(19(24)25)18-17(15-6-4-3-5-7-15)22-20(26-18)21-16-10-8-14(9-11-16)13(2)23/h3-12H,1-2H3,(H,21,22)(H,24,25)/p-1. The number of rotatable bonds is 6. The van der Waals surface area contributed by atoms with Crippen molar-refractivity contribution < 1.29 is 14.7 Å². The first kappa shape index (κ1) is 17.8. The fourth-order valence-corrected chi connectivity index (χ4v) is 3.55. The minimum Gasteiger partial charge on any atom is -0.549 e. The van der Waals surface area contributed by atoms with Gasteiger partial charge in [-0.1, -0.05) is 37.3 Å². The van der Waals surface area contributed by atoms with Gasteiger partial charge in [-0.3, -0.25) is 4.79 Å². The molecule has 0 radical (unpaired) electrons. The van der Waals surface area contributed by atoms with Crippen molar-refractivity contribution in [2.75, 3.05) is 5.32 Å². The van der Waals surface area contributed by atoms with Gasteiger partial charge in [0, 0.05) is 33.6 Å². The summed E-state index contributed by atoms with van der Waals surface area (Å²) in [6, 6.07) is 16.5. The van der Waals surface area contributed by atoms with Gasteiger partial charge in [0.2, 0.25) is 0 Å². The van der Waals surface area contributed by atoms with E-state index in [1.54, 1.807) is 31.2 Å². The molecule has 0 aliphatic rings. The molecule has 132 valence electrons. The van der Waals surface area contributed by atoms with E-state index in [0.29, 0.717) is 21.3 Å². The molecule has 0 amide bonds. The number of anilines is 2. The van der Waals surface area contributed by atoms with Crippen molar-refractivity contribution in [1.29, 1.82) is 0 Å². The molecule has 3 aromatic rings. The van der Waals surface area contributed by atoms with Crippen LogP contribution in [0.25, 0.3) is 11.3 Å². The van der Waals surface area contributed by atoms with Gasteiger partial charge in [-0.15, -0.1) is 11.3 Å². The predicted molar refractivity (Wildman–Crippen MR) is 101 cm³/mol. The SMILES string of the molecule is CC(=O)c1ccc(Nc2nc(-c3ccccc3)c(C(C)C(=O)[O-])s2)cc1. The van der Waals surface area contributed by atoms with Gasteiger partial charge in [0.05, 0.1) is 5.69 Å². The maximum atomic E-state index is 11.4. The van der Waals surface area contributed by atoms with E-state index in [2.05, 4.69) is 10.3 Å². The number of Topliss-reactive ketones (excluding diaryl/α,β-unsaturated/α-hetero) is 1. The van der Waals surface area contributed by atoms with Crippen LogP contribution in [0.4, 0.5) is 10.8 Å². The number of aliphatic carboxylic acids is 1. The van der Waals surface area contributed by atoms with Crippen molar-refractivity contribution in [3.8, 4) is 11.3 Å². The molecular weight excluding hydrogens is 348 g/mol. The van der Waals surface area contributed by atoms with Gasteiger partial charge in [-0.2, -0.15) is 0 Å². The minimum absolute atomic E-state index is 0.00207. The molecule has 0 aliphatic heterocycles. The molecule has 0 saturated carbocycles. The molecule has 0 fully saturated rings. The first-order chi connectivity index (χ1) is 12.5. The molecular formula is C20H17N2O3S-. The van der Waals surface area contributed by atoms with Crippen LogP contribution in [-0.2, 0) is 4.79 Å². The Hall–Kier alpha value is -2.99. The van der Waals surface area contributed by atoms with Crippen molar-refractivity contribution in [1.82, 2.24) is 4.98 Å². The third-order valence-corrected chi connectivity index (χ3v) is 5.14. The Labute approximate surface area is 155 Å². The summed E-state index contributed by atoms with van der Waals surface area (Å²) in [6.45, 7) is 3.11. The van der Waals surface area contributed by atoms with Crippen LogP contribution in [-0.4, -0.2) is 16.7 Å². The van der Waals surface area contributed by atoms with Crippen molar-refractivity contribution >= 4 is 33.9 Å². The second-order valence-corrected chi connectivity index (χ2v) is 6.93. The number of aromatic nitrogens is 1. The van der Waals surface area contributed by atoms with E-state index in [1.165, 1.54) is 18.3 Å². The zero-order valence-corrected chi connectivity index (χ0v) is 15.2. The van der Waals surface area contributed by atoms with E-state index in [0.717, 1.165) is 11.3 Å². The lowest BCUT2D eigenvalue weighted by molar-refractivity contribution is -0.307. The Morgan fingerprint density at radius 2 is 1.73 bits per heavy atom. The summed E-state index contributed by atoms with van der Waals surface area (Å²) >= 11 is 1.29. The Kier molecular flexibility index (Phi) is 5.14. The van der Waals surface area contributed by atoms with Crippen LogP contribution < -0.4 is 10.4 Å². The maximum absolute atomic E-state index is 11.4. The quantitative estimate of drug-likeness (QED) is 0.675. The monoisotopic (exact) mass is 365 g/mol. The number of nitrogens with one attached hydrogen (secondary N) is 1. The summed E-state index contributed by atoms with van der Waals surface area (Å²) in [4.78, 5) is 28.0. The van der Waals surface area contributed by atoms with E-state index < -0.39 is 11.9 Å². The van der Waals surface area contributed by atoms with Gasteiger partial charge < -0.3 is 15.2 Å². The number of thiazole rings is 1. The number of ketones is 1. The Bertz CT molecular complexity index is 933. The molecule has 1 atom stereocenters.